The number of aryl methyl sites for hydroxylation is 1. The Kier molecular flexibility index (Phi) is 3.98. The predicted octanol–water partition coefficient (Wildman–Crippen LogP) is 4.73. The van der Waals surface area contributed by atoms with Gasteiger partial charge in [-0.05, 0) is 59.1 Å². The second kappa shape index (κ2) is 5.69. The van der Waals surface area contributed by atoms with Crippen LogP contribution in [-0.4, -0.2) is 16.1 Å². The molecule has 0 radical (unpaired) electrons. The number of amides is 1. The van der Waals surface area contributed by atoms with E-state index in [9.17, 15) is 15.0 Å². The lowest BCUT2D eigenvalue weighted by Gasteiger charge is -2.10. The highest BCUT2D eigenvalue weighted by atomic mass is 79.9. The molecule has 3 rings (SSSR count). The van der Waals surface area contributed by atoms with Crippen molar-refractivity contribution in [2.45, 2.75) is 13.8 Å². The zero-order valence-electron chi connectivity index (χ0n) is 12.4. The molecule has 0 bridgehead atoms. The SMILES string of the molecule is Cc1cc(O)cc(O)c1C=C1C(=O)Nc2c(Br)cc(Br)c(C)c21. The van der Waals surface area contributed by atoms with Gasteiger partial charge >= 0.3 is 0 Å². The number of hydrogen-bond donors (Lipinski definition) is 3. The lowest BCUT2D eigenvalue weighted by atomic mass is 9.97. The van der Waals surface area contributed by atoms with Gasteiger partial charge in [0.05, 0.1) is 11.3 Å². The first-order valence-electron chi connectivity index (χ1n) is 6.84. The van der Waals surface area contributed by atoms with E-state index in [-0.39, 0.29) is 17.4 Å². The average molecular weight is 439 g/mol. The van der Waals surface area contributed by atoms with Gasteiger partial charge in [0, 0.05) is 26.1 Å². The maximum absolute atomic E-state index is 12.4. The molecule has 1 amide bonds. The van der Waals surface area contributed by atoms with Gasteiger partial charge in [-0.1, -0.05) is 15.9 Å². The molecule has 4 nitrogen and oxygen atoms in total. The van der Waals surface area contributed by atoms with Crippen molar-refractivity contribution < 1.29 is 15.0 Å². The molecule has 0 saturated heterocycles. The van der Waals surface area contributed by atoms with E-state index >= 15 is 0 Å². The smallest absolute Gasteiger partial charge is 0.256 e. The minimum Gasteiger partial charge on any atom is -0.508 e. The molecule has 0 aliphatic carbocycles. The highest BCUT2D eigenvalue weighted by Crippen LogP contribution is 2.44. The van der Waals surface area contributed by atoms with Crippen molar-refractivity contribution in [2.24, 2.45) is 0 Å². The molecule has 23 heavy (non-hydrogen) atoms. The number of benzene rings is 2. The molecule has 6 heteroatoms. The molecule has 0 spiro atoms. The van der Waals surface area contributed by atoms with Crippen LogP contribution in [0.3, 0.4) is 0 Å². The molecule has 1 aliphatic heterocycles. The Bertz CT molecular complexity index is 865. The van der Waals surface area contributed by atoms with Crippen LogP contribution in [0.25, 0.3) is 11.6 Å². The van der Waals surface area contributed by atoms with Gasteiger partial charge in [0.1, 0.15) is 11.5 Å². The standard InChI is InChI=1S/C17H13Br2NO3/c1-7-3-9(21)4-14(22)10(7)5-11-15-8(2)12(18)6-13(19)16(15)20-17(11)23/h3-6,21-22H,1-2H3,(H,20,23). The molecule has 0 fully saturated rings. The van der Waals surface area contributed by atoms with Crippen molar-refractivity contribution >= 4 is 55.1 Å². The third-order valence-electron chi connectivity index (χ3n) is 3.87. The minimum absolute atomic E-state index is 0.0138. The molecule has 1 aliphatic rings. The summed E-state index contributed by atoms with van der Waals surface area (Å²) < 4.78 is 1.67. The van der Waals surface area contributed by atoms with E-state index in [0.717, 1.165) is 25.8 Å². The zero-order chi connectivity index (χ0) is 16.9. The van der Waals surface area contributed by atoms with Gasteiger partial charge in [-0.3, -0.25) is 4.79 Å². The molecule has 1 heterocycles. The second-order valence-electron chi connectivity index (χ2n) is 5.42. The van der Waals surface area contributed by atoms with Gasteiger partial charge in [0.2, 0.25) is 0 Å². The Balaban J connectivity index is 2.27. The van der Waals surface area contributed by atoms with Crippen molar-refractivity contribution in [3.63, 3.8) is 0 Å². The maximum atomic E-state index is 12.4. The fraction of sp³-hybridized carbons (Fsp3) is 0.118. The number of phenolic OH excluding ortho intramolecular Hbond substituents is 2. The van der Waals surface area contributed by atoms with Gasteiger partial charge in [0.15, 0.2) is 0 Å². The van der Waals surface area contributed by atoms with E-state index < -0.39 is 0 Å². The lowest BCUT2D eigenvalue weighted by Crippen LogP contribution is -2.04. The summed E-state index contributed by atoms with van der Waals surface area (Å²) in [6.07, 6.45) is 1.65. The number of anilines is 1. The van der Waals surface area contributed by atoms with Crippen molar-refractivity contribution in [3.8, 4) is 11.5 Å². The quantitative estimate of drug-likeness (QED) is 0.563. The number of rotatable bonds is 1. The first kappa shape index (κ1) is 16.1. The molecular formula is C17H13Br2NO3. The van der Waals surface area contributed by atoms with E-state index in [1.807, 2.05) is 13.0 Å². The molecule has 118 valence electrons. The molecule has 2 aromatic carbocycles. The Hall–Kier alpha value is -1.79. The number of aromatic hydroxyl groups is 2. The fourth-order valence-corrected chi connectivity index (χ4v) is 3.96. The highest BCUT2D eigenvalue weighted by Gasteiger charge is 2.29. The number of phenols is 2. The number of fused-ring (bicyclic) bond motifs is 1. The molecular weight excluding hydrogens is 426 g/mol. The number of carbonyl (C=O) groups excluding carboxylic acids is 1. The van der Waals surface area contributed by atoms with Crippen LogP contribution in [0, 0.1) is 13.8 Å². The van der Waals surface area contributed by atoms with E-state index in [1.54, 1.807) is 19.1 Å². The van der Waals surface area contributed by atoms with Crippen LogP contribution in [0.15, 0.2) is 27.1 Å². The summed E-state index contributed by atoms with van der Waals surface area (Å²) >= 11 is 6.95. The number of halogens is 2. The summed E-state index contributed by atoms with van der Waals surface area (Å²) in [5.74, 6) is -0.308. The van der Waals surface area contributed by atoms with Crippen molar-refractivity contribution in [1.29, 1.82) is 0 Å². The Morgan fingerprint density at radius 3 is 2.43 bits per heavy atom. The summed E-state index contributed by atoms with van der Waals surface area (Å²) in [5, 5.41) is 22.5. The van der Waals surface area contributed by atoms with Crippen LogP contribution in [0.4, 0.5) is 5.69 Å². The van der Waals surface area contributed by atoms with Crippen molar-refractivity contribution in [3.05, 3.63) is 49.4 Å². The molecule has 0 unspecified atom stereocenters. The summed E-state index contributed by atoms with van der Waals surface area (Å²) in [6, 6.07) is 4.70. The zero-order valence-corrected chi connectivity index (χ0v) is 15.5. The first-order chi connectivity index (χ1) is 10.8. The Labute approximate surface area is 150 Å². The topological polar surface area (TPSA) is 69.6 Å². The number of nitrogens with one attached hydrogen (secondary N) is 1. The number of carbonyl (C=O) groups is 1. The Morgan fingerprint density at radius 2 is 1.78 bits per heavy atom. The van der Waals surface area contributed by atoms with E-state index in [1.165, 1.54) is 6.07 Å². The maximum Gasteiger partial charge on any atom is 0.256 e. The van der Waals surface area contributed by atoms with Gasteiger partial charge in [-0.2, -0.15) is 0 Å². The van der Waals surface area contributed by atoms with Crippen molar-refractivity contribution in [1.82, 2.24) is 0 Å². The monoisotopic (exact) mass is 437 g/mol. The normalized spacial score (nSPS) is 15.0. The highest BCUT2D eigenvalue weighted by molar-refractivity contribution is 9.11. The molecule has 3 N–H and O–H groups in total. The van der Waals surface area contributed by atoms with Gasteiger partial charge in [0.25, 0.3) is 5.91 Å². The second-order valence-corrected chi connectivity index (χ2v) is 7.13. The average Bonchev–Trinajstić information content (AvgIpc) is 2.78. The summed E-state index contributed by atoms with van der Waals surface area (Å²) in [7, 11) is 0. The fourth-order valence-electron chi connectivity index (χ4n) is 2.70. The summed E-state index contributed by atoms with van der Waals surface area (Å²) in [6.45, 7) is 3.69. The van der Waals surface area contributed by atoms with Crippen LogP contribution in [0.1, 0.15) is 22.3 Å². The summed E-state index contributed by atoms with van der Waals surface area (Å²) in [5.41, 5.74) is 4.12. The molecule has 2 aromatic rings. The third-order valence-corrected chi connectivity index (χ3v) is 5.32. The van der Waals surface area contributed by atoms with Gasteiger partial charge in [-0.25, -0.2) is 0 Å². The largest absolute Gasteiger partial charge is 0.508 e. The third kappa shape index (κ3) is 2.66. The van der Waals surface area contributed by atoms with Crippen LogP contribution in [-0.2, 0) is 4.79 Å². The van der Waals surface area contributed by atoms with E-state index in [4.69, 9.17) is 0 Å². The minimum atomic E-state index is -0.228. The Morgan fingerprint density at radius 1 is 1.09 bits per heavy atom. The number of hydrogen-bond acceptors (Lipinski definition) is 3. The van der Waals surface area contributed by atoms with Gasteiger partial charge in [-0.15, -0.1) is 0 Å². The van der Waals surface area contributed by atoms with E-state index in [0.29, 0.717) is 16.7 Å². The lowest BCUT2D eigenvalue weighted by molar-refractivity contribution is -0.110. The first-order valence-corrected chi connectivity index (χ1v) is 8.42. The summed E-state index contributed by atoms with van der Waals surface area (Å²) in [4.78, 5) is 12.4. The molecule has 0 atom stereocenters. The van der Waals surface area contributed by atoms with Crippen LogP contribution in [0.5, 0.6) is 11.5 Å². The molecule has 0 saturated carbocycles. The van der Waals surface area contributed by atoms with Crippen molar-refractivity contribution in [2.75, 3.05) is 5.32 Å². The molecule has 0 aromatic heterocycles. The predicted molar refractivity (Wildman–Crippen MR) is 97.6 cm³/mol. The van der Waals surface area contributed by atoms with E-state index in [2.05, 4.69) is 37.2 Å². The van der Waals surface area contributed by atoms with Crippen LogP contribution in [0.2, 0.25) is 0 Å². The van der Waals surface area contributed by atoms with Gasteiger partial charge < -0.3 is 15.5 Å². The van der Waals surface area contributed by atoms with Crippen LogP contribution < -0.4 is 5.32 Å². The van der Waals surface area contributed by atoms with Crippen LogP contribution >= 0.6 is 31.9 Å².